The van der Waals surface area contributed by atoms with Crippen LogP contribution in [0.15, 0.2) is 133 Å². The molecule has 86 heavy (non-hydrogen) atoms. The monoisotopic (exact) mass is 1140 g/mol. The van der Waals surface area contributed by atoms with Crippen LogP contribution in [0.25, 0.3) is 66.8 Å². The van der Waals surface area contributed by atoms with E-state index < -0.39 is 10.8 Å². The van der Waals surface area contributed by atoms with Gasteiger partial charge in [0.05, 0.1) is 0 Å². The van der Waals surface area contributed by atoms with Gasteiger partial charge < -0.3 is 46.0 Å². The molecule has 9 heteroatoms. The molecule has 0 bridgehead atoms. The van der Waals surface area contributed by atoms with Crippen LogP contribution in [0, 0.1) is 83.1 Å². The summed E-state index contributed by atoms with van der Waals surface area (Å²) >= 11 is 0. The van der Waals surface area contributed by atoms with Crippen molar-refractivity contribution in [3.05, 3.63) is 228 Å². The smallest absolute Gasteiger partial charge is 0.131 e. The fraction of sp³-hybridized carbons (Fsp3) is 0.221. The van der Waals surface area contributed by atoms with Gasteiger partial charge in [0.25, 0.3) is 0 Å². The molecule has 0 aliphatic rings. The standard InChI is InChI=1S/C77H76O9/c1-38-20-44(7)67(78)55(26-38)61-32-52(33-62(73(61)84)56-27-39(2)21-45(8)68(56)79)76(13,14)50-16-18-51(19-17-50)77(15,53-34-63(57-28-40(3)22-46(9)69(57)80)74(85)64(35-53)58-29-41(4)23-47(10)70(58)81)54-36-65(59-30-42(5)24-48(11)71(59)82)75(86)66(37-54)60-31-43(6)25-49(12)72(60)83/h16-37,78-86H,1-15H3. The van der Waals surface area contributed by atoms with Crippen LogP contribution < -0.4 is 0 Å². The molecule has 0 aromatic heterocycles. The van der Waals surface area contributed by atoms with E-state index in [0.717, 1.165) is 50.1 Å². The molecule has 10 aromatic carbocycles. The molecule has 0 amide bonds. The quantitative estimate of drug-likeness (QED) is 0.0569. The van der Waals surface area contributed by atoms with Gasteiger partial charge in [-0.3, -0.25) is 0 Å². The van der Waals surface area contributed by atoms with Gasteiger partial charge in [0.15, 0.2) is 0 Å². The predicted molar refractivity (Wildman–Crippen MR) is 348 cm³/mol. The van der Waals surface area contributed by atoms with Gasteiger partial charge in [-0.2, -0.15) is 0 Å². The van der Waals surface area contributed by atoms with E-state index in [0.29, 0.717) is 111 Å². The van der Waals surface area contributed by atoms with E-state index in [-0.39, 0.29) is 51.7 Å². The first-order chi connectivity index (χ1) is 40.4. The molecule has 10 rings (SSSR count). The van der Waals surface area contributed by atoms with E-state index in [9.17, 15) is 46.0 Å². The van der Waals surface area contributed by atoms with Crippen molar-refractivity contribution < 1.29 is 46.0 Å². The maximum absolute atomic E-state index is 12.8. The number of phenolic OH excluding ortho intramolecular Hbond substituents is 9. The summed E-state index contributed by atoms with van der Waals surface area (Å²) in [6.45, 7) is 28.7. The van der Waals surface area contributed by atoms with Gasteiger partial charge in [-0.1, -0.05) is 74.5 Å². The Labute approximate surface area is 504 Å². The summed E-state index contributed by atoms with van der Waals surface area (Å²) in [5, 5.41) is 109. The largest absolute Gasteiger partial charge is 0.507 e. The lowest BCUT2D eigenvalue weighted by Crippen LogP contribution is -2.27. The second kappa shape index (κ2) is 21.8. The summed E-state index contributed by atoms with van der Waals surface area (Å²) in [4.78, 5) is 0. The molecular weight excluding hydrogens is 1070 g/mol. The number of aromatic hydroxyl groups is 9. The van der Waals surface area contributed by atoms with Gasteiger partial charge in [0.1, 0.15) is 51.7 Å². The molecule has 0 unspecified atom stereocenters. The molecule has 0 saturated carbocycles. The molecule has 0 heterocycles. The Morgan fingerprint density at radius 2 is 0.372 bits per heavy atom. The predicted octanol–water partition coefficient (Wildman–Crippen LogP) is 18.4. The normalized spacial score (nSPS) is 11.8. The second-order valence-corrected chi connectivity index (χ2v) is 25.0. The third kappa shape index (κ3) is 10.2. The van der Waals surface area contributed by atoms with Crippen molar-refractivity contribution in [1.82, 2.24) is 0 Å². The lowest BCUT2D eigenvalue weighted by atomic mass is 9.68. The van der Waals surface area contributed by atoms with Crippen LogP contribution in [0.3, 0.4) is 0 Å². The lowest BCUT2D eigenvalue weighted by molar-refractivity contribution is 0.463. The molecule has 438 valence electrons. The highest BCUT2D eigenvalue weighted by atomic mass is 16.3. The highest BCUT2D eigenvalue weighted by Gasteiger charge is 2.38. The van der Waals surface area contributed by atoms with E-state index in [1.54, 1.807) is 0 Å². The molecular formula is C77H76O9. The van der Waals surface area contributed by atoms with Gasteiger partial charge in [0.2, 0.25) is 0 Å². The maximum Gasteiger partial charge on any atom is 0.131 e. The maximum atomic E-state index is 12.8. The van der Waals surface area contributed by atoms with Crippen molar-refractivity contribution in [2.45, 2.75) is 115 Å². The zero-order valence-corrected chi connectivity index (χ0v) is 51.7. The van der Waals surface area contributed by atoms with Gasteiger partial charge in [0, 0.05) is 77.6 Å². The summed E-state index contributed by atoms with van der Waals surface area (Å²) < 4.78 is 0. The minimum atomic E-state index is -1.30. The Balaban J connectivity index is 1.31. The minimum absolute atomic E-state index is 0.0298. The first kappa shape index (κ1) is 59.6. The SMILES string of the molecule is Cc1cc(C)c(O)c(-c2cc(C(C)(C)c3ccc(C(C)(c4cc(-c5cc(C)cc(C)c5O)c(O)c(-c5cc(C)cc(C)c5O)c4)c4cc(-c5cc(C)cc(C)c5O)c(O)c(-c5cc(C)cc(C)c5O)c4)cc3)cc(-c3cc(C)cc(C)c3O)c2O)c1. The zero-order valence-electron chi connectivity index (χ0n) is 51.7. The highest BCUT2D eigenvalue weighted by molar-refractivity contribution is 5.92. The molecule has 0 spiro atoms. The Morgan fingerprint density at radius 3 is 0.581 bits per heavy atom. The first-order valence-electron chi connectivity index (χ1n) is 29.0. The molecule has 0 fully saturated rings. The summed E-state index contributed by atoms with van der Waals surface area (Å²) in [6.07, 6.45) is 0. The summed E-state index contributed by atoms with van der Waals surface area (Å²) in [6, 6.07) is 41.7. The van der Waals surface area contributed by atoms with E-state index >= 15 is 0 Å². The Hall–Kier alpha value is -9.60. The van der Waals surface area contributed by atoms with Crippen LogP contribution in [0.5, 0.6) is 51.7 Å². The average molecular weight is 1150 g/mol. The van der Waals surface area contributed by atoms with E-state index in [2.05, 4.69) is 13.8 Å². The van der Waals surface area contributed by atoms with Crippen LogP contribution in [-0.2, 0) is 10.8 Å². The zero-order chi connectivity index (χ0) is 62.5. The number of aryl methyl sites for hydroxylation is 12. The summed E-state index contributed by atoms with van der Waals surface area (Å²) in [7, 11) is 0. The fourth-order valence-electron chi connectivity index (χ4n) is 13.0. The third-order valence-electron chi connectivity index (χ3n) is 17.8. The molecule has 10 aromatic rings. The number of rotatable bonds is 11. The van der Waals surface area contributed by atoms with Gasteiger partial charge in [-0.15, -0.1) is 0 Å². The molecule has 0 aliphatic heterocycles. The van der Waals surface area contributed by atoms with Crippen LogP contribution >= 0.6 is 0 Å². The molecule has 9 nitrogen and oxygen atoms in total. The summed E-state index contributed by atoms with van der Waals surface area (Å²) in [5.41, 5.74) is 14.6. The summed E-state index contributed by atoms with van der Waals surface area (Å²) in [5.74, 6) is -0.493. The van der Waals surface area contributed by atoms with Crippen molar-refractivity contribution in [2.75, 3.05) is 0 Å². The molecule has 0 aliphatic carbocycles. The van der Waals surface area contributed by atoms with Crippen molar-refractivity contribution in [3.8, 4) is 119 Å². The Kier molecular flexibility index (Phi) is 15.1. The molecule has 9 N–H and O–H groups in total. The van der Waals surface area contributed by atoms with E-state index in [1.165, 1.54) is 0 Å². The number of phenols is 9. The minimum Gasteiger partial charge on any atom is -0.507 e. The van der Waals surface area contributed by atoms with Gasteiger partial charge >= 0.3 is 0 Å². The van der Waals surface area contributed by atoms with Crippen LogP contribution in [-0.4, -0.2) is 46.0 Å². The highest BCUT2D eigenvalue weighted by Crippen LogP contribution is 2.55. The van der Waals surface area contributed by atoms with Crippen LogP contribution in [0.2, 0.25) is 0 Å². The first-order valence-corrected chi connectivity index (χ1v) is 29.0. The lowest BCUT2D eigenvalue weighted by Gasteiger charge is -2.35. The van der Waals surface area contributed by atoms with Crippen LogP contribution in [0.4, 0.5) is 0 Å². The number of benzene rings is 10. The van der Waals surface area contributed by atoms with Crippen LogP contribution in [0.1, 0.15) is 115 Å². The number of hydrogen-bond acceptors (Lipinski definition) is 9. The van der Waals surface area contributed by atoms with Crippen molar-refractivity contribution >= 4 is 0 Å². The van der Waals surface area contributed by atoms with Gasteiger partial charge in [-0.25, -0.2) is 0 Å². The van der Waals surface area contributed by atoms with Gasteiger partial charge in [-0.05, 0) is 257 Å². The third-order valence-corrected chi connectivity index (χ3v) is 17.8. The second-order valence-electron chi connectivity index (χ2n) is 25.0. The molecule has 0 atom stereocenters. The average Bonchev–Trinajstić information content (AvgIpc) is 0.869. The van der Waals surface area contributed by atoms with E-state index in [1.807, 2.05) is 223 Å². The fourth-order valence-corrected chi connectivity index (χ4v) is 13.0. The number of hydrogen-bond donors (Lipinski definition) is 9. The molecule has 0 saturated heterocycles. The van der Waals surface area contributed by atoms with Crippen molar-refractivity contribution in [1.29, 1.82) is 0 Å². The Bertz CT molecular complexity index is 4040. The van der Waals surface area contributed by atoms with Crippen molar-refractivity contribution in [2.24, 2.45) is 0 Å². The Morgan fingerprint density at radius 1 is 0.198 bits per heavy atom. The van der Waals surface area contributed by atoms with Crippen molar-refractivity contribution in [3.63, 3.8) is 0 Å². The molecule has 0 radical (unpaired) electrons. The van der Waals surface area contributed by atoms with E-state index in [4.69, 9.17) is 0 Å². The topological polar surface area (TPSA) is 182 Å².